The summed E-state index contributed by atoms with van der Waals surface area (Å²) in [5.74, 6) is 1.65. The van der Waals surface area contributed by atoms with E-state index in [0.717, 1.165) is 12.3 Å². The minimum Gasteiger partial charge on any atom is -0.467 e. The number of nitrogens with zero attached hydrogens (tertiary/aromatic N) is 1. The molecule has 94 valence electrons. The van der Waals surface area contributed by atoms with E-state index in [-0.39, 0.29) is 0 Å². The number of rotatable bonds is 5. The van der Waals surface area contributed by atoms with Gasteiger partial charge in [-0.2, -0.15) is 0 Å². The van der Waals surface area contributed by atoms with Gasteiger partial charge in [0.25, 0.3) is 0 Å². The maximum Gasteiger partial charge on any atom is 0.132 e. The van der Waals surface area contributed by atoms with Crippen LogP contribution in [0.25, 0.3) is 0 Å². The maximum atomic E-state index is 10.1. The average Bonchev–Trinajstić information content (AvgIpc) is 2.81. The lowest BCUT2D eigenvalue weighted by molar-refractivity contribution is 0.100. The van der Waals surface area contributed by atoms with E-state index in [4.69, 9.17) is 4.42 Å². The van der Waals surface area contributed by atoms with Crippen LogP contribution in [0.15, 0.2) is 22.8 Å². The van der Waals surface area contributed by atoms with Crippen molar-refractivity contribution in [1.29, 1.82) is 0 Å². The van der Waals surface area contributed by atoms with Crippen LogP contribution >= 0.6 is 0 Å². The lowest BCUT2D eigenvalue weighted by atomic mass is 10.1. The van der Waals surface area contributed by atoms with Crippen molar-refractivity contribution in [3.8, 4) is 0 Å². The fraction of sp³-hybridized carbons (Fsp3) is 0.714. The zero-order valence-corrected chi connectivity index (χ0v) is 10.2. The van der Waals surface area contributed by atoms with Gasteiger partial charge in [0, 0.05) is 12.6 Å². The highest BCUT2D eigenvalue weighted by atomic mass is 16.4. The largest absolute Gasteiger partial charge is 0.467 e. The highest BCUT2D eigenvalue weighted by Gasteiger charge is 2.32. The number of likely N-dealkylation sites (tertiary alicyclic amines) is 1. The third-order valence-electron chi connectivity index (χ3n) is 4.06. The van der Waals surface area contributed by atoms with Gasteiger partial charge in [0.05, 0.1) is 6.26 Å². The third-order valence-corrected chi connectivity index (χ3v) is 4.06. The van der Waals surface area contributed by atoms with E-state index in [1.807, 2.05) is 12.1 Å². The minimum atomic E-state index is -0.435. The zero-order valence-electron chi connectivity index (χ0n) is 10.2. The molecular weight excluding hydrogens is 214 g/mol. The predicted octanol–water partition coefficient (Wildman–Crippen LogP) is 2.58. The van der Waals surface area contributed by atoms with E-state index in [1.165, 1.54) is 38.8 Å². The van der Waals surface area contributed by atoms with E-state index < -0.39 is 6.10 Å². The van der Waals surface area contributed by atoms with Crippen molar-refractivity contribution in [2.24, 2.45) is 5.92 Å². The molecule has 17 heavy (non-hydrogen) atoms. The van der Waals surface area contributed by atoms with Crippen molar-refractivity contribution in [3.05, 3.63) is 24.2 Å². The van der Waals surface area contributed by atoms with Crippen molar-refractivity contribution < 1.29 is 9.52 Å². The molecule has 2 aliphatic rings. The maximum absolute atomic E-state index is 10.1. The van der Waals surface area contributed by atoms with E-state index in [9.17, 15) is 5.11 Å². The van der Waals surface area contributed by atoms with Crippen molar-refractivity contribution in [2.75, 3.05) is 13.1 Å². The molecule has 0 aromatic carbocycles. The molecule has 1 saturated carbocycles. The molecular formula is C14H21NO2. The molecule has 2 fully saturated rings. The van der Waals surface area contributed by atoms with Crippen LogP contribution in [-0.2, 0) is 0 Å². The quantitative estimate of drug-likeness (QED) is 0.852. The van der Waals surface area contributed by atoms with Crippen LogP contribution in [0.1, 0.15) is 44.0 Å². The van der Waals surface area contributed by atoms with Crippen molar-refractivity contribution >= 4 is 0 Å². The van der Waals surface area contributed by atoms with E-state index in [2.05, 4.69) is 4.90 Å². The molecule has 2 heterocycles. The predicted molar refractivity (Wildman–Crippen MR) is 65.6 cm³/mol. The number of hydrogen-bond donors (Lipinski definition) is 1. The fourth-order valence-corrected chi connectivity index (χ4v) is 2.89. The Hall–Kier alpha value is -0.800. The first-order valence-corrected chi connectivity index (χ1v) is 6.78. The van der Waals surface area contributed by atoms with Gasteiger partial charge in [0.2, 0.25) is 0 Å². The van der Waals surface area contributed by atoms with Crippen molar-refractivity contribution in [1.82, 2.24) is 4.90 Å². The van der Waals surface area contributed by atoms with E-state index >= 15 is 0 Å². The van der Waals surface area contributed by atoms with Crippen LogP contribution in [0.5, 0.6) is 0 Å². The summed E-state index contributed by atoms with van der Waals surface area (Å²) in [6.45, 7) is 2.46. The Bertz CT molecular complexity index is 345. The summed E-state index contributed by atoms with van der Waals surface area (Å²) in [5, 5.41) is 10.1. The molecule has 1 N–H and O–H groups in total. The van der Waals surface area contributed by atoms with Crippen LogP contribution in [0.3, 0.4) is 0 Å². The SMILES string of the molecule is OC(CC1CCCN1CC1CC1)c1ccco1. The highest BCUT2D eigenvalue weighted by Crippen LogP contribution is 2.34. The Kier molecular flexibility index (Phi) is 3.21. The molecule has 2 unspecified atom stereocenters. The fourth-order valence-electron chi connectivity index (χ4n) is 2.89. The number of furan rings is 1. The molecule has 1 saturated heterocycles. The van der Waals surface area contributed by atoms with Crippen LogP contribution in [0.4, 0.5) is 0 Å². The van der Waals surface area contributed by atoms with Gasteiger partial charge < -0.3 is 9.52 Å². The Morgan fingerprint density at radius 2 is 2.29 bits per heavy atom. The third kappa shape index (κ3) is 2.72. The molecule has 1 aliphatic carbocycles. The summed E-state index contributed by atoms with van der Waals surface area (Å²) >= 11 is 0. The molecule has 3 nitrogen and oxygen atoms in total. The summed E-state index contributed by atoms with van der Waals surface area (Å²) in [4.78, 5) is 2.57. The van der Waals surface area contributed by atoms with Gasteiger partial charge in [-0.15, -0.1) is 0 Å². The molecule has 1 aromatic rings. The van der Waals surface area contributed by atoms with Gasteiger partial charge in [0.1, 0.15) is 11.9 Å². The Balaban J connectivity index is 1.55. The van der Waals surface area contributed by atoms with Gasteiger partial charge >= 0.3 is 0 Å². The molecule has 3 heteroatoms. The lowest BCUT2D eigenvalue weighted by Gasteiger charge is -2.25. The van der Waals surface area contributed by atoms with E-state index in [0.29, 0.717) is 11.8 Å². The second-order valence-electron chi connectivity index (χ2n) is 5.50. The topological polar surface area (TPSA) is 36.6 Å². The average molecular weight is 235 g/mol. The summed E-state index contributed by atoms with van der Waals surface area (Å²) in [5.41, 5.74) is 0. The van der Waals surface area contributed by atoms with Gasteiger partial charge in [-0.1, -0.05) is 0 Å². The zero-order chi connectivity index (χ0) is 11.7. The Morgan fingerprint density at radius 3 is 3.00 bits per heavy atom. The summed E-state index contributed by atoms with van der Waals surface area (Å²) in [6.07, 6.45) is 7.34. The summed E-state index contributed by atoms with van der Waals surface area (Å²) in [7, 11) is 0. The Labute approximate surface area is 102 Å². The normalized spacial score (nSPS) is 27.5. The lowest BCUT2D eigenvalue weighted by Crippen LogP contribution is -2.32. The molecule has 3 rings (SSSR count). The van der Waals surface area contributed by atoms with Crippen LogP contribution in [0, 0.1) is 5.92 Å². The van der Waals surface area contributed by atoms with Gasteiger partial charge in [0.15, 0.2) is 0 Å². The summed E-state index contributed by atoms with van der Waals surface area (Å²) in [6, 6.07) is 4.26. The first-order valence-electron chi connectivity index (χ1n) is 6.78. The van der Waals surface area contributed by atoms with Crippen LogP contribution in [-0.4, -0.2) is 29.1 Å². The molecule has 0 amide bonds. The first-order chi connectivity index (χ1) is 8.33. The van der Waals surface area contributed by atoms with Crippen molar-refractivity contribution in [3.63, 3.8) is 0 Å². The second kappa shape index (κ2) is 4.83. The number of aliphatic hydroxyl groups is 1. The van der Waals surface area contributed by atoms with Gasteiger partial charge in [-0.05, 0) is 56.7 Å². The minimum absolute atomic E-state index is 0.435. The summed E-state index contributed by atoms with van der Waals surface area (Å²) < 4.78 is 5.27. The van der Waals surface area contributed by atoms with Crippen LogP contribution < -0.4 is 0 Å². The van der Waals surface area contributed by atoms with Crippen molar-refractivity contribution in [2.45, 2.75) is 44.2 Å². The molecule has 2 atom stereocenters. The molecule has 0 radical (unpaired) electrons. The van der Waals surface area contributed by atoms with Crippen LogP contribution in [0.2, 0.25) is 0 Å². The number of hydrogen-bond acceptors (Lipinski definition) is 3. The molecule has 0 bridgehead atoms. The van der Waals surface area contributed by atoms with Gasteiger partial charge in [-0.3, -0.25) is 4.90 Å². The standard InChI is InChI=1S/C14H21NO2/c16-13(14-4-2-8-17-14)9-12-3-1-7-15(12)10-11-5-6-11/h2,4,8,11-13,16H,1,3,5-7,9-10H2. The smallest absolute Gasteiger partial charge is 0.132 e. The Morgan fingerprint density at radius 1 is 1.41 bits per heavy atom. The molecule has 1 aromatic heterocycles. The molecule has 1 aliphatic heterocycles. The highest BCUT2D eigenvalue weighted by molar-refractivity contribution is 5.03. The first kappa shape index (κ1) is 11.3. The molecule has 0 spiro atoms. The van der Waals surface area contributed by atoms with Gasteiger partial charge in [-0.25, -0.2) is 0 Å². The second-order valence-corrected chi connectivity index (χ2v) is 5.50. The van der Waals surface area contributed by atoms with E-state index in [1.54, 1.807) is 6.26 Å². The monoisotopic (exact) mass is 235 g/mol. The number of aliphatic hydroxyl groups excluding tert-OH is 1.